The highest BCUT2D eigenvalue weighted by molar-refractivity contribution is 7.12. The lowest BCUT2D eigenvalue weighted by molar-refractivity contribution is 0.104. The Kier molecular flexibility index (Phi) is 3.88. The predicted molar refractivity (Wildman–Crippen MR) is 78.1 cm³/mol. The summed E-state index contributed by atoms with van der Waals surface area (Å²) in [6, 6.07) is 5.78. The van der Waals surface area contributed by atoms with Crippen molar-refractivity contribution in [3.05, 3.63) is 55.7 Å². The average Bonchev–Trinajstić information content (AvgIpc) is 2.81. The van der Waals surface area contributed by atoms with Crippen LogP contribution in [0.4, 0.5) is 0 Å². The molecule has 0 aliphatic carbocycles. The molecule has 3 heteroatoms. The van der Waals surface area contributed by atoms with Crippen LogP contribution in [-0.2, 0) is 6.42 Å². The number of rotatable bonds is 3. The number of hydrogen-bond acceptors (Lipinski definition) is 2. The number of carbonyl (C=O) groups excluding carboxylic acids is 1. The molecule has 0 radical (unpaired) electrons. The van der Waals surface area contributed by atoms with Gasteiger partial charge in [-0.3, -0.25) is 4.79 Å². The fourth-order valence-electron chi connectivity index (χ4n) is 1.96. The summed E-state index contributed by atoms with van der Waals surface area (Å²) < 4.78 is 0. The molecule has 18 heavy (non-hydrogen) atoms. The maximum absolute atomic E-state index is 12.5. The molecule has 0 aliphatic heterocycles. The second kappa shape index (κ2) is 5.25. The van der Waals surface area contributed by atoms with E-state index >= 15 is 0 Å². The highest BCUT2D eigenvalue weighted by Gasteiger charge is 2.17. The summed E-state index contributed by atoms with van der Waals surface area (Å²) >= 11 is 7.58. The molecule has 0 fully saturated rings. The van der Waals surface area contributed by atoms with E-state index in [0.29, 0.717) is 5.02 Å². The zero-order chi connectivity index (χ0) is 13.3. The Labute approximate surface area is 116 Å². The van der Waals surface area contributed by atoms with Crippen molar-refractivity contribution in [1.82, 2.24) is 0 Å². The molecule has 0 bridgehead atoms. The van der Waals surface area contributed by atoms with Crippen molar-refractivity contribution in [2.24, 2.45) is 0 Å². The zero-order valence-electron chi connectivity index (χ0n) is 10.7. The molecule has 0 amide bonds. The fourth-order valence-corrected chi connectivity index (χ4v) is 3.13. The Bertz CT molecular complexity index is 599. The summed E-state index contributed by atoms with van der Waals surface area (Å²) in [5, 5.41) is 2.69. The molecule has 0 N–H and O–H groups in total. The quantitative estimate of drug-likeness (QED) is 0.736. The topological polar surface area (TPSA) is 17.1 Å². The summed E-state index contributed by atoms with van der Waals surface area (Å²) in [4.78, 5) is 13.4. The second-order valence-corrected chi connectivity index (χ2v) is 5.70. The first-order chi connectivity index (χ1) is 8.54. The Morgan fingerprint density at radius 1 is 1.28 bits per heavy atom. The van der Waals surface area contributed by atoms with Crippen molar-refractivity contribution in [2.75, 3.05) is 0 Å². The number of carbonyl (C=O) groups is 1. The summed E-state index contributed by atoms with van der Waals surface area (Å²) in [5.74, 6) is 0.110. The molecule has 0 unspecified atom stereocenters. The Hall–Kier alpha value is -1.12. The van der Waals surface area contributed by atoms with Crippen molar-refractivity contribution in [1.29, 1.82) is 0 Å². The molecule has 0 spiro atoms. The van der Waals surface area contributed by atoms with Gasteiger partial charge in [0.25, 0.3) is 0 Å². The number of benzene rings is 1. The standard InChI is InChI=1S/C15H15ClOS/c1-4-11-5-6-18-15(11)14(17)12-7-10(3)13(16)8-9(12)2/h5-8H,4H2,1-3H3. The van der Waals surface area contributed by atoms with Gasteiger partial charge in [-0.05, 0) is 60.5 Å². The van der Waals surface area contributed by atoms with Crippen LogP contribution in [0.25, 0.3) is 0 Å². The normalized spacial score (nSPS) is 10.7. The molecule has 2 rings (SSSR count). The molecular formula is C15H15ClOS. The Balaban J connectivity index is 2.50. The van der Waals surface area contributed by atoms with E-state index in [1.54, 1.807) is 0 Å². The molecule has 1 aromatic heterocycles. The first-order valence-electron chi connectivity index (χ1n) is 5.92. The van der Waals surface area contributed by atoms with E-state index in [4.69, 9.17) is 11.6 Å². The van der Waals surface area contributed by atoms with Gasteiger partial charge in [-0.25, -0.2) is 0 Å². The van der Waals surface area contributed by atoms with Crippen LogP contribution in [0, 0.1) is 13.8 Å². The number of aryl methyl sites for hydroxylation is 3. The highest BCUT2D eigenvalue weighted by atomic mass is 35.5. The predicted octanol–water partition coefficient (Wildman–Crippen LogP) is 4.81. The second-order valence-electron chi connectivity index (χ2n) is 4.37. The van der Waals surface area contributed by atoms with E-state index in [9.17, 15) is 4.79 Å². The number of halogens is 1. The monoisotopic (exact) mass is 278 g/mol. The fraction of sp³-hybridized carbons (Fsp3) is 0.267. The van der Waals surface area contributed by atoms with Crippen molar-refractivity contribution < 1.29 is 4.79 Å². The van der Waals surface area contributed by atoms with E-state index < -0.39 is 0 Å². The van der Waals surface area contributed by atoms with Crippen molar-refractivity contribution in [3.8, 4) is 0 Å². The lowest BCUT2D eigenvalue weighted by Gasteiger charge is -2.08. The van der Waals surface area contributed by atoms with E-state index in [2.05, 4.69) is 6.92 Å². The van der Waals surface area contributed by atoms with Gasteiger partial charge < -0.3 is 0 Å². The van der Waals surface area contributed by atoms with Gasteiger partial charge in [0.15, 0.2) is 0 Å². The van der Waals surface area contributed by atoms with Gasteiger partial charge in [0.2, 0.25) is 5.78 Å². The minimum atomic E-state index is 0.110. The van der Waals surface area contributed by atoms with Crippen LogP contribution in [0.1, 0.15) is 38.8 Å². The maximum Gasteiger partial charge on any atom is 0.203 e. The lowest BCUT2D eigenvalue weighted by Crippen LogP contribution is -2.04. The minimum Gasteiger partial charge on any atom is -0.288 e. The molecule has 1 heterocycles. The first kappa shape index (κ1) is 13.3. The van der Waals surface area contributed by atoms with Crippen LogP contribution in [0.3, 0.4) is 0 Å². The van der Waals surface area contributed by atoms with Crippen LogP contribution in [-0.4, -0.2) is 5.78 Å². The summed E-state index contributed by atoms with van der Waals surface area (Å²) in [6.07, 6.45) is 0.885. The van der Waals surface area contributed by atoms with E-state index in [1.807, 2.05) is 37.4 Å². The molecule has 1 aromatic carbocycles. The van der Waals surface area contributed by atoms with Gasteiger partial charge in [0.1, 0.15) is 0 Å². The van der Waals surface area contributed by atoms with Crippen molar-refractivity contribution in [3.63, 3.8) is 0 Å². The summed E-state index contributed by atoms with van der Waals surface area (Å²) in [5.41, 5.74) is 3.76. The number of ketones is 1. The average molecular weight is 279 g/mol. The molecular weight excluding hydrogens is 264 g/mol. The van der Waals surface area contributed by atoms with Gasteiger partial charge in [0.05, 0.1) is 4.88 Å². The molecule has 0 atom stereocenters. The van der Waals surface area contributed by atoms with E-state index in [-0.39, 0.29) is 5.78 Å². The number of thiophene rings is 1. The third-order valence-electron chi connectivity index (χ3n) is 3.08. The van der Waals surface area contributed by atoms with Crippen molar-refractivity contribution in [2.45, 2.75) is 27.2 Å². The van der Waals surface area contributed by atoms with Crippen molar-refractivity contribution >= 4 is 28.7 Å². The van der Waals surface area contributed by atoms with E-state index in [1.165, 1.54) is 11.3 Å². The molecule has 2 aromatic rings. The molecule has 0 saturated carbocycles. The van der Waals surface area contributed by atoms with Gasteiger partial charge in [-0.1, -0.05) is 18.5 Å². The SMILES string of the molecule is CCc1ccsc1C(=O)c1cc(C)c(Cl)cc1C. The van der Waals surface area contributed by atoms with Gasteiger partial charge in [-0.2, -0.15) is 0 Å². The largest absolute Gasteiger partial charge is 0.288 e. The van der Waals surface area contributed by atoms with Gasteiger partial charge in [0, 0.05) is 10.6 Å². The van der Waals surface area contributed by atoms with Crippen LogP contribution < -0.4 is 0 Å². The van der Waals surface area contributed by atoms with E-state index in [0.717, 1.165) is 33.6 Å². The third-order valence-corrected chi connectivity index (χ3v) is 4.45. The Morgan fingerprint density at radius 2 is 2.00 bits per heavy atom. The van der Waals surface area contributed by atoms with Crippen LogP contribution >= 0.6 is 22.9 Å². The highest BCUT2D eigenvalue weighted by Crippen LogP contribution is 2.26. The third kappa shape index (κ3) is 2.36. The summed E-state index contributed by atoms with van der Waals surface area (Å²) in [7, 11) is 0. The lowest BCUT2D eigenvalue weighted by atomic mass is 9.99. The smallest absolute Gasteiger partial charge is 0.203 e. The molecule has 94 valence electrons. The van der Waals surface area contributed by atoms with Crippen LogP contribution in [0.5, 0.6) is 0 Å². The number of hydrogen-bond donors (Lipinski definition) is 0. The zero-order valence-corrected chi connectivity index (χ0v) is 12.3. The maximum atomic E-state index is 12.5. The molecule has 0 aliphatic rings. The molecule has 1 nitrogen and oxygen atoms in total. The first-order valence-corrected chi connectivity index (χ1v) is 7.18. The molecule has 0 saturated heterocycles. The van der Waals surface area contributed by atoms with Gasteiger partial charge >= 0.3 is 0 Å². The van der Waals surface area contributed by atoms with Crippen LogP contribution in [0.2, 0.25) is 5.02 Å². The minimum absolute atomic E-state index is 0.110. The van der Waals surface area contributed by atoms with Gasteiger partial charge in [-0.15, -0.1) is 11.3 Å². The Morgan fingerprint density at radius 3 is 2.67 bits per heavy atom. The summed E-state index contributed by atoms with van der Waals surface area (Å²) in [6.45, 7) is 5.92. The van der Waals surface area contributed by atoms with Crippen LogP contribution in [0.15, 0.2) is 23.6 Å².